The third kappa shape index (κ3) is 1.27. The molecule has 0 bridgehead atoms. The summed E-state index contributed by atoms with van der Waals surface area (Å²) in [6, 6.07) is 2.72. The summed E-state index contributed by atoms with van der Waals surface area (Å²) in [5.74, 6) is -1.13. The molecule has 1 heterocycles. The summed E-state index contributed by atoms with van der Waals surface area (Å²) in [5, 5.41) is 8.84. The van der Waals surface area contributed by atoms with E-state index in [1.54, 1.807) is 0 Å². The monoisotopic (exact) mass is 212 g/mol. The number of fused-ring (bicyclic) bond motifs is 1. The molecule has 0 unspecified atom stereocenters. The van der Waals surface area contributed by atoms with Crippen LogP contribution in [-0.2, 0) is 0 Å². The third-order valence-corrected chi connectivity index (χ3v) is 2.15. The summed E-state index contributed by atoms with van der Waals surface area (Å²) < 4.78 is 0. The highest BCUT2D eigenvalue weighted by Crippen LogP contribution is 2.20. The molecule has 0 atom stereocenters. The van der Waals surface area contributed by atoms with Crippen molar-refractivity contribution in [2.24, 2.45) is 0 Å². The van der Waals surface area contributed by atoms with Crippen LogP contribution in [0.5, 0.6) is 0 Å². The van der Waals surface area contributed by atoms with Gasteiger partial charge in [0.2, 0.25) is 0 Å². The minimum absolute atomic E-state index is 0.0329. The SMILES string of the molecule is O=C(O)c1cc2[nH]c(=O)[nH]c2cc1Cl. The minimum Gasteiger partial charge on any atom is -0.478 e. The number of nitrogens with one attached hydrogen (secondary N) is 2. The maximum atomic E-state index is 10.9. The van der Waals surface area contributed by atoms with Crippen LogP contribution in [0, 0.1) is 0 Å². The van der Waals surface area contributed by atoms with Crippen LogP contribution in [0.15, 0.2) is 16.9 Å². The third-order valence-electron chi connectivity index (χ3n) is 1.83. The van der Waals surface area contributed by atoms with Gasteiger partial charge in [-0.15, -0.1) is 0 Å². The van der Waals surface area contributed by atoms with E-state index < -0.39 is 11.7 Å². The normalized spacial score (nSPS) is 10.6. The van der Waals surface area contributed by atoms with E-state index in [4.69, 9.17) is 16.7 Å². The fraction of sp³-hybridized carbons (Fsp3) is 0. The number of imidazole rings is 1. The first-order valence-electron chi connectivity index (χ1n) is 3.73. The van der Waals surface area contributed by atoms with Crippen molar-refractivity contribution in [1.29, 1.82) is 0 Å². The Hall–Kier alpha value is -1.75. The Morgan fingerprint density at radius 2 is 1.86 bits per heavy atom. The number of carboxylic acids is 1. The van der Waals surface area contributed by atoms with E-state index in [0.29, 0.717) is 11.0 Å². The predicted molar refractivity (Wildman–Crippen MR) is 50.9 cm³/mol. The van der Waals surface area contributed by atoms with Crippen molar-refractivity contribution in [3.05, 3.63) is 33.2 Å². The fourth-order valence-electron chi connectivity index (χ4n) is 1.22. The molecule has 1 aromatic carbocycles. The number of aromatic carboxylic acids is 1. The second kappa shape index (κ2) is 2.88. The first-order valence-corrected chi connectivity index (χ1v) is 4.10. The number of halogens is 1. The van der Waals surface area contributed by atoms with Crippen molar-refractivity contribution in [3.8, 4) is 0 Å². The Kier molecular flexibility index (Phi) is 1.82. The number of hydrogen-bond acceptors (Lipinski definition) is 2. The first kappa shape index (κ1) is 8.83. The lowest BCUT2D eigenvalue weighted by atomic mass is 10.2. The maximum absolute atomic E-state index is 10.9. The van der Waals surface area contributed by atoms with Crippen LogP contribution in [0.25, 0.3) is 11.0 Å². The van der Waals surface area contributed by atoms with Gasteiger partial charge in [-0.2, -0.15) is 0 Å². The molecule has 3 N–H and O–H groups in total. The van der Waals surface area contributed by atoms with Crippen LogP contribution in [0.1, 0.15) is 10.4 Å². The second-order valence-electron chi connectivity index (χ2n) is 2.76. The van der Waals surface area contributed by atoms with Gasteiger partial charge in [0.1, 0.15) is 0 Å². The number of aromatic amines is 2. The van der Waals surface area contributed by atoms with Crippen LogP contribution < -0.4 is 5.69 Å². The van der Waals surface area contributed by atoms with Crippen molar-refractivity contribution in [3.63, 3.8) is 0 Å². The van der Waals surface area contributed by atoms with Crippen LogP contribution in [0.2, 0.25) is 5.02 Å². The van der Waals surface area contributed by atoms with E-state index in [1.807, 2.05) is 0 Å². The molecule has 0 fully saturated rings. The molecule has 72 valence electrons. The Morgan fingerprint density at radius 1 is 1.29 bits per heavy atom. The Labute approximate surface area is 82.3 Å². The molecule has 2 rings (SSSR count). The molecule has 1 aromatic heterocycles. The second-order valence-corrected chi connectivity index (χ2v) is 3.17. The average molecular weight is 213 g/mol. The van der Waals surface area contributed by atoms with Gasteiger partial charge in [-0.25, -0.2) is 9.59 Å². The summed E-state index contributed by atoms with van der Waals surface area (Å²) in [7, 11) is 0. The van der Waals surface area contributed by atoms with Crippen molar-refractivity contribution < 1.29 is 9.90 Å². The van der Waals surface area contributed by atoms with Gasteiger partial charge in [0.05, 0.1) is 21.6 Å². The predicted octanol–water partition coefficient (Wildman–Crippen LogP) is 1.21. The first-order chi connectivity index (χ1) is 6.58. The van der Waals surface area contributed by atoms with Crippen LogP contribution in [0.4, 0.5) is 0 Å². The largest absolute Gasteiger partial charge is 0.478 e. The van der Waals surface area contributed by atoms with Crippen molar-refractivity contribution in [1.82, 2.24) is 9.97 Å². The Morgan fingerprint density at radius 3 is 2.43 bits per heavy atom. The van der Waals surface area contributed by atoms with Gasteiger partial charge in [0.15, 0.2) is 0 Å². The molecule has 6 heteroatoms. The number of H-pyrrole nitrogens is 2. The van der Waals surface area contributed by atoms with Crippen LogP contribution in [0.3, 0.4) is 0 Å². The van der Waals surface area contributed by atoms with Gasteiger partial charge in [0.25, 0.3) is 0 Å². The molecule has 2 aromatic rings. The standard InChI is InChI=1S/C8H5ClN2O3/c9-4-2-6-5(10-8(14)11-6)1-3(4)7(12)13/h1-2H,(H,12,13)(H2,10,11,14). The molecule has 0 aliphatic heterocycles. The van der Waals surface area contributed by atoms with Crippen molar-refractivity contribution >= 4 is 28.6 Å². The minimum atomic E-state index is -1.13. The van der Waals surface area contributed by atoms with Crippen molar-refractivity contribution in [2.75, 3.05) is 0 Å². The van der Waals surface area contributed by atoms with Gasteiger partial charge in [0, 0.05) is 0 Å². The van der Waals surface area contributed by atoms with E-state index in [1.165, 1.54) is 12.1 Å². The number of aromatic nitrogens is 2. The quantitative estimate of drug-likeness (QED) is 0.664. The molecule has 0 amide bonds. The topological polar surface area (TPSA) is 85.9 Å². The molecule has 0 spiro atoms. The van der Waals surface area contributed by atoms with E-state index in [0.717, 1.165) is 0 Å². The summed E-state index contributed by atoms with van der Waals surface area (Å²) in [4.78, 5) is 26.5. The fourth-order valence-corrected chi connectivity index (χ4v) is 1.46. The van der Waals surface area contributed by atoms with Gasteiger partial charge < -0.3 is 15.1 Å². The van der Waals surface area contributed by atoms with Gasteiger partial charge in [-0.3, -0.25) is 0 Å². The summed E-state index contributed by atoms with van der Waals surface area (Å²) in [6.07, 6.45) is 0. The molecule has 0 saturated carbocycles. The summed E-state index contributed by atoms with van der Waals surface area (Å²) in [5.41, 5.74) is 0.495. The Balaban J connectivity index is 2.82. The van der Waals surface area contributed by atoms with Gasteiger partial charge in [-0.1, -0.05) is 11.6 Å². The molecule has 5 nitrogen and oxygen atoms in total. The van der Waals surface area contributed by atoms with Crippen molar-refractivity contribution in [2.45, 2.75) is 0 Å². The lowest BCUT2D eigenvalue weighted by Gasteiger charge is -1.97. The molecule has 0 aliphatic rings. The Bertz CT molecular complexity index is 569. The van der Waals surface area contributed by atoms with E-state index >= 15 is 0 Å². The number of rotatable bonds is 1. The van der Waals surface area contributed by atoms with Gasteiger partial charge in [-0.05, 0) is 12.1 Å². The summed E-state index contributed by atoms with van der Waals surface area (Å²) >= 11 is 5.69. The number of carbonyl (C=O) groups is 1. The molecular weight excluding hydrogens is 208 g/mol. The number of carboxylic acid groups (broad SMARTS) is 1. The highest BCUT2D eigenvalue weighted by Gasteiger charge is 2.11. The maximum Gasteiger partial charge on any atom is 0.337 e. The smallest absolute Gasteiger partial charge is 0.337 e. The van der Waals surface area contributed by atoms with Gasteiger partial charge >= 0.3 is 11.7 Å². The number of hydrogen-bond donors (Lipinski definition) is 3. The zero-order chi connectivity index (χ0) is 10.3. The molecule has 14 heavy (non-hydrogen) atoms. The zero-order valence-corrected chi connectivity index (χ0v) is 7.55. The van der Waals surface area contributed by atoms with Crippen LogP contribution >= 0.6 is 11.6 Å². The summed E-state index contributed by atoms with van der Waals surface area (Å²) in [6.45, 7) is 0. The van der Waals surface area contributed by atoms with E-state index in [2.05, 4.69) is 9.97 Å². The van der Waals surface area contributed by atoms with E-state index in [-0.39, 0.29) is 10.6 Å². The lowest BCUT2D eigenvalue weighted by molar-refractivity contribution is 0.0697. The highest BCUT2D eigenvalue weighted by molar-refractivity contribution is 6.34. The highest BCUT2D eigenvalue weighted by atomic mass is 35.5. The zero-order valence-electron chi connectivity index (χ0n) is 6.80. The van der Waals surface area contributed by atoms with E-state index in [9.17, 15) is 9.59 Å². The average Bonchev–Trinajstić information content (AvgIpc) is 2.42. The molecule has 0 radical (unpaired) electrons. The lowest BCUT2D eigenvalue weighted by Crippen LogP contribution is -1.99. The molecule has 0 saturated heterocycles. The van der Waals surface area contributed by atoms with Crippen LogP contribution in [-0.4, -0.2) is 21.0 Å². The molecular formula is C8H5ClN2O3. The molecule has 0 aliphatic carbocycles. The number of benzene rings is 1.